The van der Waals surface area contributed by atoms with Gasteiger partial charge < -0.3 is 29.3 Å². The molecule has 0 amide bonds. The van der Waals surface area contributed by atoms with Crippen molar-refractivity contribution in [2.24, 2.45) is 0 Å². The fourth-order valence-electron chi connectivity index (χ4n) is 3.10. The van der Waals surface area contributed by atoms with E-state index in [9.17, 15) is 19.9 Å². The summed E-state index contributed by atoms with van der Waals surface area (Å²) in [4.78, 5) is 11.5. The zero-order valence-electron chi connectivity index (χ0n) is 10.4. The van der Waals surface area contributed by atoms with E-state index in [2.05, 4.69) is 0 Å². The molecule has 0 aromatic heterocycles. The Hall–Kier alpha value is -1.93. The van der Waals surface area contributed by atoms with Crippen LogP contribution in [0.5, 0.6) is 17.2 Å². The van der Waals surface area contributed by atoms with Gasteiger partial charge in [0.05, 0.1) is 5.75 Å². The molecule has 1 aromatic rings. The molecule has 7 nitrogen and oxygen atoms in total. The van der Waals surface area contributed by atoms with Gasteiger partial charge >= 0.3 is 12.7 Å². The summed E-state index contributed by atoms with van der Waals surface area (Å²) in [6, 6.07) is 1.69. The highest BCUT2D eigenvalue weighted by molar-refractivity contribution is 6.62. The Morgan fingerprint density at radius 3 is 2.75 bits per heavy atom. The molecule has 0 bridgehead atoms. The number of hydrogen-bond acceptors (Lipinski definition) is 6. The second-order valence-electron chi connectivity index (χ2n) is 5.38. The van der Waals surface area contributed by atoms with Crippen LogP contribution in [0.2, 0.25) is 5.82 Å². The van der Waals surface area contributed by atoms with Gasteiger partial charge in [-0.1, -0.05) is 12.2 Å². The monoisotopic (exact) mass is 279 g/mol. The number of carboxylic acids is 1. The van der Waals surface area contributed by atoms with E-state index in [1.54, 1.807) is 6.07 Å². The largest absolute Gasteiger partial charge is 0.669 e. The molecule has 1 fully saturated rings. The van der Waals surface area contributed by atoms with Crippen molar-refractivity contribution in [3.05, 3.63) is 17.2 Å². The van der Waals surface area contributed by atoms with Gasteiger partial charge in [0.2, 0.25) is 0 Å². The van der Waals surface area contributed by atoms with Gasteiger partial charge in [-0.2, -0.15) is 0 Å². The van der Waals surface area contributed by atoms with Gasteiger partial charge in [0, 0.05) is 0 Å². The van der Waals surface area contributed by atoms with Gasteiger partial charge in [0.25, 0.3) is 0 Å². The Labute approximate surface area is 113 Å². The molecule has 1 aromatic carbocycles. The van der Waals surface area contributed by atoms with Gasteiger partial charge in [-0.05, 0) is 17.5 Å². The normalized spacial score (nSPS) is 27.9. The predicted molar refractivity (Wildman–Crippen MR) is 66.3 cm³/mol. The zero-order chi connectivity index (χ0) is 14.1. The summed E-state index contributed by atoms with van der Waals surface area (Å²) in [5, 5.41) is 29.1. The summed E-state index contributed by atoms with van der Waals surface area (Å²) in [5.74, 6) is -1.25. The quantitative estimate of drug-likeness (QED) is 0.636. The topological polar surface area (TPSA) is 105 Å². The van der Waals surface area contributed by atoms with Crippen molar-refractivity contribution in [2.75, 3.05) is 13.2 Å². The van der Waals surface area contributed by atoms with Crippen molar-refractivity contribution in [1.82, 2.24) is 0 Å². The minimum absolute atomic E-state index is 0.00880. The number of fused-ring (bicyclic) bond motifs is 4. The summed E-state index contributed by atoms with van der Waals surface area (Å²) in [7, 11) is 0. The first kappa shape index (κ1) is 11.9. The molecule has 2 atom stereocenters. The Balaban J connectivity index is 1.96. The second kappa shape index (κ2) is 3.59. The average molecular weight is 279 g/mol. The molecule has 4 rings (SSSR count). The molecule has 0 unspecified atom stereocenters. The first-order chi connectivity index (χ1) is 9.49. The molecule has 0 radical (unpaired) electrons. The minimum atomic E-state index is -3.01. The van der Waals surface area contributed by atoms with E-state index in [-0.39, 0.29) is 35.4 Å². The van der Waals surface area contributed by atoms with Crippen LogP contribution in [0.1, 0.15) is 28.3 Å². The van der Waals surface area contributed by atoms with E-state index in [0.717, 1.165) is 0 Å². The van der Waals surface area contributed by atoms with Crippen LogP contribution < -0.4 is 14.1 Å². The lowest BCUT2D eigenvalue weighted by molar-refractivity contribution is 0.0681. The number of carbonyl (C=O) groups is 1. The Morgan fingerprint density at radius 2 is 2.00 bits per heavy atom. The lowest BCUT2D eigenvalue weighted by atomic mass is 9.68. The first-order valence-corrected chi connectivity index (χ1v) is 6.47. The van der Waals surface area contributed by atoms with Crippen LogP contribution in [-0.4, -0.2) is 41.1 Å². The van der Waals surface area contributed by atoms with E-state index in [1.165, 1.54) is 0 Å². The molecule has 1 saturated carbocycles. The van der Waals surface area contributed by atoms with Gasteiger partial charge in [-0.25, -0.2) is 4.79 Å². The van der Waals surface area contributed by atoms with Gasteiger partial charge in [-0.3, -0.25) is 0 Å². The number of benzene rings is 1. The van der Waals surface area contributed by atoms with Crippen molar-refractivity contribution < 1.29 is 34.1 Å². The summed E-state index contributed by atoms with van der Waals surface area (Å²) < 4.78 is 16.0. The molecule has 3 aliphatic rings. The predicted octanol–water partition coefficient (Wildman–Crippen LogP) is 0.329. The van der Waals surface area contributed by atoms with Gasteiger partial charge in [0.15, 0.2) is 11.5 Å². The van der Waals surface area contributed by atoms with E-state index in [1.807, 2.05) is 0 Å². The molecule has 0 spiro atoms. The zero-order valence-corrected chi connectivity index (χ0v) is 10.4. The van der Waals surface area contributed by atoms with Crippen molar-refractivity contribution in [2.45, 2.75) is 18.2 Å². The third-order valence-electron chi connectivity index (χ3n) is 4.12. The number of aromatic carboxylic acids is 1. The maximum Gasteiger partial charge on any atom is 0.434 e. The highest BCUT2D eigenvalue weighted by Gasteiger charge is 2.56. The number of ether oxygens (including phenoxy) is 2. The van der Waals surface area contributed by atoms with Crippen LogP contribution in [0.25, 0.3) is 0 Å². The summed E-state index contributed by atoms with van der Waals surface area (Å²) in [6.45, 7) is -2.42. The fourth-order valence-corrected chi connectivity index (χ4v) is 3.10. The Morgan fingerprint density at radius 1 is 1.25 bits per heavy atom. The lowest BCUT2D eigenvalue weighted by Gasteiger charge is -2.38. The van der Waals surface area contributed by atoms with Crippen LogP contribution >= 0.6 is 0 Å². The molecular formula is C12H12BO7-. The van der Waals surface area contributed by atoms with Gasteiger partial charge in [0.1, 0.15) is 18.8 Å². The maximum absolute atomic E-state index is 11.5. The van der Waals surface area contributed by atoms with E-state index < -0.39 is 12.7 Å². The molecule has 0 saturated heterocycles. The van der Waals surface area contributed by atoms with Crippen LogP contribution in [0.3, 0.4) is 0 Å². The highest BCUT2D eigenvalue weighted by atomic mass is 16.6. The van der Waals surface area contributed by atoms with Crippen LogP contribution in [-0.2, 0) is 0 Å². The van der Waals surface area contributed by atoms with Gasteiger partial charge in [-0.15, -0.1) is 0 Å². The molecule has 106 valence electrons. The Bertz CT molecular complexity index is 627. The van der Waals surface area contributed by atoms with Crippen LogP contribution in [0.4, 0.5) is 0 Å². The van der Waals surface area contributed by atoms with E-state index in [4.69, 9.17) is 14.1 Å². The van der Waals surface area contributed by atoms with Crippen LogP contribution in [0.15, 0.2) is 6.07 Å². The summed E-state index contributed by atoms with van der Waals surface area (Å²) in [5.41, 5.74) is 0.453. The molecule has 2 heterocycles. The SMILES string of the molecule is O=C(O)c1c2c(cc3c1O[B-](O)(O)[C@@H]1C[C@H]31)OCCO2. The molecule has 2 aliphatic heterocycles. The smallest absolute Gasteiger partial charge is 0.434 e. The Kier molecular flexibility index (Phi) is 2.13. The molecule has 3 N–H and O–H groups in total. The van der Waals surface area contributed by atoms with E-state index in [0.29, 0.717) is 24.3 Å². The molecule has 20 heavy (non-hydrogen) atoms. The average Bonchev–Trinajstić information content (AvgIpc) is 3.17. The van der Waals surface area contributed by atoms with Crippen molar-refractivity contribution in [3.63, 3.8) is 0 Å². The third-order valence-corrected chi connectivity index (χ3v) is 4.12. The second-order valence-corrected chi connectivity index (χ2v) is 5.38. The van der Waals surface area contributed by atoms with Crippen molar-refractivity contribution in [3.8, 4) is 17.2 Å². The number of carboxylic acid groups (broad SMARTS) is 1. The third kappa shape index (κ3) is 1.46. The summed E-state index contributed by atoms with van der Waals surface area (Å²) >= 11 is 0. The lowest BCUT2D eigenvalue weighted by Crippen LogP contribution is -2.46. The van der Waals surface area contributed by atoms with E-state index >= 15 is 0 Å². The van der Waals surface area contributed by atoms with Crippen LogP contribution in [0, 0.1) is 0 Å². The summed E-state index contributed by atoms with van der Waals surface area (Å²) in [6.07, 6.45) is 0.568. The van der Waals surface area contributed by atoms with Crippen molar-refractivity contribution >= 4 is 12.7 Å². The highest BCUT2D eigenvalue weighted by Crippen LogP contribution is 2.64. The molecule has 1 aliphatic carbocycles. The number of hydrogen-bond donors (Lipinski definition) is 3. The molecule has 8 heteroatoms. The number of rotatable bonds is 1. The van der Waals surface area contributed by atoms with Crippen molar-refractivity contribution in [1.29, 1.82) is 0 Å². The maximum atomic E-state index is 11.5. The first-order valence-electron chi connectivity index (χ1n) is 6.47. The fraction of sp³-hybridized carbons (Fsp3) is 0.417. The standard InChI is InChI=1S/C12H12BO7/c14-12(15)9-10-6(4-8-11(9)19-2-1-18-8)5-3-7(5)13(16,17)20-10/h4-5,7,16-17H,1-3H2,(H,14,15)/q-1/t5-,7-/m1/s1. The molecular weight excluding hydrogens is 267 g/mol. The minimum Gasteiger partial charge on any atom is -0.669 e.